The number of benzene rings is 2. The topological polar surface area (TPSA) is 20.7 Å². The lowest BCUT2D eigenvalue weighted by Crippen LogP contribution is -1.97. The Morgan fingerprint density at radius 3 is 2.50 bits per heavy atom. The predicted octanol–water partition coefficient (Wildman–Crippen LogP) is 5.27. The second-order valence-electron chi connectivity index (χ2n) is 4.12. The van der Waals surface area contributed by atoms with Crippen molar-refractivity contribution in [3.05, 3.63) is 56.8 Å². The van der Waals surface area contributed by atoms with Crippen LogP contribution in [0, 0.1) is 16.4 Å². The molecule has 7 heteroatoms. The number of imidazole rings is 1. The van der Waals surface area contributed by atoms with Crippen molar-refractivity contribution >= 4 is 46.5 Å². The summed E-state index contributed by atoms with van der Waals surface area (Å²) in [5.74, 6) is -1.92. The van der Waals surface area contributed by atoms with E-state index in [1.54, 1.807) is 12.1 Å². The van der Waals surface area contributed by atoms with Crippen molar-refractivity contribution in [2.45, 2.75) is 0 Å². The van der Waals surface area contributed by atoms with Crippen LogP contribution in [0.15, 0.2) is 30.3 Å². The highest BCUT2D eigenvalue weighted by Crippen LogP contribution is 2.28. The van der Waals surface area contributed by atoms with Crippen molar-refractivity contribution < 1.29 is 8.78 Å². The smallest absolute Gasteiger partial charge is 0.184 e. The van der Waals surface area contributed by atoms with E-state index in [0.717, 1.165) is 6.07 Å². The maximum atomic E-state index is 14.0. The van der Waals surface area contributed by atoms with E-state index in [2.05, 4.69) is 4.98 Å². The van der Waals surface area contributed by atoms with Gasteiger partial charge in [-0.25, -0.2) is 8.78 Å². The van der Waals surface area contributed by atoms with Crippen LogP contribution >= 0.6 is 35.4 Å². The number of fused-ring (bicyclic) bond motifs is 1. The fourth-order valence-corrected chi connectivity index (χ4v) is 2.60. The van der Waals surface area contributed by atoms with Gasteiger partial charge in [-0.1, -0.05) is 23.2 Å². The minimum absolute atomic E-state index is 0.0355. The largest absolute Gasteiger partial charge is 0.330 e. The third-order valence-corrected chi connectivity index (χ3v) is 3.92. The van der Waals surface area contributed by atoms with Crippen molar-refractivity contribution in [2.24, 2.45) is 0 Å². The summed E-state index contributed by atoms with van der Waals surface area (Å²) in [6, 6.07) is 7.20. The Morgan fingerprint density at radius 2 is 1.80 bits per heavy atom. The average molecular weight is 331 g/mol. The molecule has 1 aromatic heterocycles. The Hall–Kier alpha value is -1.43. The van der Waals surface area contributed by atoms with E-state index in [9.17, 15) is 8.78 Å². The number of halogens is 4. The van der Waals surface area contributed by atoms with Crippen LogP contribution < -0.4 is 0 Å². The molecule has 1 heterocycles. The standard InChI is InChI=1S/C13H6Cl2F2N2S/c14-7-2-1-6(5-8(7)15)19-12-10(18-13(19)20)4-3-9(16)11(12)17/h1-5H,(H,18,20). The Balaban J connectivity index is 2.41. The number of hydrogen-bond acceptors (Lipinski definition) is 1. The molecule has 2 aromatic carbocycles. The number of nitrogens with one attached hydrogen (secondary N) is 1. The molecule has 0 fully saturated rings. The molecule has 1 N–H and O–H groups in total. The fraction of sp³-hybridized carbons (Fsp3) is 0. The zero-order chi connectivity index (χ0) is 14.4. The summed E-state index contributed by atoms with van der Waals surface area (Å²) in [6.45, 7) is 0. The molecule has 3 rings (SSSR count). The van der Waals surface area contributed by atoms with E-state index in [4.69, 9.17) is 35.4 Å². The molecule has 0 saturated heterocycles. The van der Waals surface area contributed by atoms with Crippen LogP contribution in [0.25, 0.3) is 16.7 Å². The molecule has 20 heavy (non-hydrogen) atoms. The lowest BCUT2D eigenvalue weighted by Gasteiger charge is -2.07. The van der Waals surface area contributed by atoms with Crippen molar-refractivity contribution in [1.82, 2.24) is 9.55 Å². The number of rotatable bonds is 1. The highest BCUT2D eigenvalue weighted by molar-refractivity contribution is 7.71. The quantitative estimate of drug-likeness (QED) is 0.602. The highest BCUT2D eigenvalue weighted by Gasteiger charge is 2.15. The predicted molar refractivity (Wildman–Crippen MR) is 78.4 cm³/mol. The van der Waals surface area contributed by atoms with E-state index < -0.39 is 11.6 Å². The van der Waals surface area contributed by atoms with Crippen LogP contribution in [-0.4, -0.2) is 9.55 Å². The van der Waals surface area contributed by atoms with Crippen LogP contribution in [0.3, 0.4) is 0 Å². The van der Waals surface area contributed by atoms with Crippen LogP contribution in [-0.2, 0) is 0 Å². The van der Waals surface area contributed by atoms with Crippen LogP contribution in [0.1, 0.15) is 0 Å². The van der Waals surface area contributed by atoms with E-state index in [1.807, 2.05) is 0 Å². The van der Waals surface area contributed by atoms with E-state index in [1.165, 1.54) is 16.7 Å². The first-order valence-electron chi connectivity index (χ1n) is 5.53. The Morgan fingerprint density at radius 1 is 1.05 bits per heavy atom. The van der Waals surface area contributed by atoms with Gasteiger partial charge < -0.3 is 4.98 Å². The van der Waals surface area contributed by atoms with Gasteiger partial charge in [-0.05, 0) is 42.5 Å². The van der Waals surface area contributed by atoms with Gasteiger partial charge in [-0.3, -0.25) is 4.57 Å². The van der Waals surface area contributed by atoms with E-state index >= 15 is 0 Å². The van der Waals surface area contributed by atoms with Crippen molar-refractivity contribution in [3.63, 3.8) is 0 Å². The first-order chi connectivity index (χ1) is 9.49. The first-order valence-corrected chi connectivity index (χ1v) is 6.69. The fourth-order valence-electron chi connectivity index (χ4n) is 2.00. The molecule has 102 valence electrons. The van der Waals surface area contributed by atoms with Gasteiger partial charge in [0.15, 0.2) is 16.4 Å². The molecule has 0 unspecified atom stereocenters. The zero-order valence-electron chi connectivity index (χ0n) is 9.75. The van der Waals surface area contributed by atoms with Crippen LogP contribution in [0.5, 0.6) is 0 Å². The van der Waals surface area contributed by atoms with Gasteiger partial charge in [0.05, 0.1) is 21.2 Å². The highest BCUT2D eigenvalue weighted by atomic mass is 35.5. The van der Waals surface area contributed by atoms with Gasteiger partial charge in [0, 0.05) is 0 Å². The second kappa shape index (κ2) is 4.84. The molecule has 0 aliphatic carbocycles. The SMILES string of the molecule is Fc1ccc2[nH]c(=S)n(-c3ccc(Cl)c(Cl)c3)c2c1F. The van der Waals surface area contributed by atoms with Gasteiger partial charge in [0.1, 0.15) is 5.52 Å². The molecule has 0 aliphatic rings. The molecule has 0 atom stereocenters. The molecule has 3 aromatic rings. The Labute approximate surface area is 127 Å². The average Bonchev–Trinajstić information content (AvgIpc) is 2.74. The van der Waals surface area contributed by atoms with Crippen LogP contribution in [0.4, 0.5) is 8.78 Å². The van der Waals surface area contributed by atoms with Gasteiger partial charge in [-0.2, -0.15) is 0 Å². The third kappa shape index (κ3) is 2.02. The summed E-state index contributed by atoms with van der Waals surface area (Å²) in [5.41, 5.74) is 0.938. The normalized spacial score (nSPS) is 11.2. The minimum atomic E-state index is -0.971. The summed E-state index contributed by atoms with van der Waals surface area (Å²) in [5, 5.41) is 0.672. The molecule has 0 amide bonds. The summed E-state index contributed by atoms with van der Waals surface area (Å²) in [4.78, 5) is 2.82. The summed E-state index contributed by atoms with van der Waals surface area (Å²) in [6.07, 6.45) is 0. The summed E-state index contributed by atoms with van der Waals surface area (Å²) < 4.78 is 29.0. The van der Waals surface area contributed by atoms with Gasteiger partial charge in [0.2, 0.25) is 0 Å². The third-order valence-electron chi connectivity index (χ3n) is 2.90. The van der Waals surface area contributed by atoms with Gasteiger partial charge in [0.25, 0.3) is 0 Å². The second-order valence-corrected chi connectivity index (χ2v) is 5.32. The van der Waals surface area contributed by atoms with E-state index in [0.29, 0.717) is 21.2 Å². The molecule has 2 nitrogen and oxygen atoms in total. The van der Waals surface area contributed by atoms with Gasteiger partial charge >= 0.3 is 0 Å². The van der Waals surface area contributed by atoms with Crippen molar-refractivity contribution in [1.29, 1.82) is 0 Å². The van der Waals surface area contributed by atoms with Crippen molar-refractivity contribution in [2.75, 3.05) is 0 Å². The summed E-state index contributed by atoms with van der Waals surface area (Å²) in [7, 11) is 0. The summed E-state index contributed by atoms with van der Waals surface area (Å²) >= 11 is 17.0. The minimum Gasteiger partial charge on any atom is -0.330 e. The lowest BCUT2D eigenvalue weighted by atomic mass is 10.2. The Bertz CT molecular complexity index is 886. The molecule has 0 spiro atoms. The zero-order valence-corrected chi connectivity index (χ0v) is 12.1. The first kappa shape index (κ1) is 13.5. The number of aromatic amines is 1. The molecule has 0 saturated carbocycles. The molecule has 0 radical (unpaired) electrons. The molecular weight excluding hydrogens is 325 g/mol. The molecular formula is C13H6Cl2F2N2S. The Kier molecular flexibility index (Phi) is 3.28. The maximum Gasteiger partial charge on any atom is 0.184 e. The van der Waals surface area contributed by atoms with E-state index in [-0.39, 0.29) is 10.3 Å². The molecule has 0 aliphatic heterocycles. The molecule has 0 bridgehead atoms. The number of aromatic nitrogens is 2. The monoisotopic (exact) mass is 330 g/mol. The number of nitrogens with zero attached hydrogens (tertiary/aromatic N) is 1. The maximum absolute atomic E-state index is 14.0. The van der Waals surface area contributed by atoms with Crippen LogP contribution in [0.2, 0.25) is 10.0 Å². The van der Waals surface area contributed by atoms with Crippen molar-refractivity contribution in [3.8, 4) is 5.69 Å². The van der Waals surface area contributed by atoms with Gasteiger partial charge in [-0.15, -0.1) is 0 Å². The number of H-pyrrole nitrogens is 1. The lowest BCUT2D eigenvalue weighted by molar-refractivity contribution is 0.514. The number of hydrogen-bond donors (Lipinski definition) is 1.